The van der Waals surface area contributed by atoms with Gasteiger partial charge in [0.2, 0.25) is 0 Å². The van der Waals surface area contributed by atoms with Crippen molar-refractivity contribution in [3.8, 4) is 0 Å². The highest BCUT2D eigenvalue weighted by molar-refractivity contribution is 4.95. The molecule has 2 aliphatic rings. The van der Waals surface area contributed by atoms with E-state index in [2.05, 4.69) is 37.6 Å². The molecule has 3 nitrogen and oxygen atoms in total. The van der Waals surface area contributed by atoms with Gasteiger partial charge in [-0.3, -0.25) is 0 Å². The van der Waals surface area contributed by atoms with Gasteiger partial charge in [-0.1, -0.05) is 20.8 Å². The first-order valence-corrected chi connectivity index (χ1v) is 8.12. The molecule has 0 aromatic heterocycles. The Morgan fingerprint density at radius 3 is 2.32 bits per heavy atom. The van der Waals surface area contributed by atoms with Crippen LogP contribution in [0.15, 0.2) is 0 Å². The van der Waals surface area contributed by atoms with Crippen molar-refractivity contribution in [2.75, 3.05) is 33.2 Å². The Hall–Kier alpha value is -0.120. The first-order valence-electron chi connectivity index (χ1n) is 8.12. The maximum Gasteiger partial charge on any atom is 0.0131 e. The van der Waals surface area contributed by atoms with Crippen LogP contribution in [0.1, 0.15) is 46.5 Å². The van der Waals surface area contributed by atoms with Gasteiger partial charge < -0.3 is 15.5 Å². The lowest BCUT2D eigenvalue weighted by atomic mass is 9.85. The SMILES string of the molecule is CCN1CCC(N(C)CC2CCC(C)(C)C2N)CC1. The van der Waals surface area contributed by atoms with E-state index in [-0.39, 0.29) is 0 Å². The zero-order chi connectivity index (χ0) is 14.0. The highest BCUT2D eigenvalue weighted by Crippen LogP contribution is 2.40. The molecular weight excluding hydrogens is 234 g/mol. The van der Waals surface area contributed by atoms with Crippen molar-refractivity contribution in [1.29, 1.82) is 0 Å². The average Bonchev–Trinajstić information content (AvgIpc) is 2.66. The Morgan fingerprint density at radius 1 is 1.21 bits per heavy atom. The van der Waals surface area contributed by atoms with E-state index < -0.39 is 0 Å². The Bertz CT molecular complexity index is 282. The van der Waals surface area contributed by atoms with Crippen molar-refractivity contribution in [1.82, 2.24) is 9.80 Å². The van der Waals surface area contributed by atoms with Crippen molar-refractivity contribution >= 4 is 0 Å². The van der Waals surface area contributed by atoms with Gasteiger partial charge in [-0.25, -0.2) is 0 Å². The largest absolute Gasteiger partial charge is 0.327 e. The summed E-state index contributed by atoms with van der Waals surface area (Å²) in [6.45, 7) is 11.9. The smallest absolute Gasteiger partial charge is 0.0131 e. The number of nitrogens with two attached hydrogens (primary N) is 1. The molecule has 2 fully saturated rings. The Kier molecular flexibility index (Phi) is 4.91. The van der Waals surface area contributed by atoms with Gasteiger partial charge in [-0.15, -0.1) is 0 Å². The first kappa shape index (κ1) is 15.3. The molecule has 0 aromatic rings. The van der Waals surface area contributed by atoms with Crippen LogP contribution in [-0.2, 0) is 0 Å². The standard InChI is InChI=1S/C16H33N3/c1-5-19-10-7-14(8-11-19)18(4)12-13-6-9-16(2,3)15(13)17/h13-15H,5-12,17H2,1-4H3. The van der Waals surface area contributed by atoms with Gasteiger partial charge in [0.25, 0.3) is 0 Å². The van der Waals surface area contributed by atoms with Gasteiger partial charge in [-0.05, 0) is 63.7 Å². The van der Waals surface area contributed by atoms with Crippen LogP contribution in [0, 0.1) is 11.3 Å². The Morgan fingerprint density at radius 2 is 1.84 bits per heavy atom. The van der Waals surface area contributed by atoms with Crippen molar-refractivity contribution in [3.63, 3.8) is 0 Å². The van der Waals surface area contributed by atoms with Crippen LogP contribution in [0.3, 0.4) is 0 Å². The molecule has 0 amide bonds. The molecule has 112 valence electrons. The van der Waals surface area contributed by atoms with E-state index in [1.54, 1.807) is 0 Å². The molecule has 0 bridgehead atoms. The zero-order valence-electron chi connectivity index (χ0n) is 13.4. The third-order valence-electron chi connectivity index (χ3n) is 5.72. The summed E-state index contributed by atoms with van der Waals surface area (Å²) in [5.41, 5.74) is 6.79. The van der Waals surface area contributed by atoms with Gasteiger partial charge in [0.1, 0.15) is 0 Å². The van der Waals surface area contributed by atoms with Gasteiger partial charge in [-0.2, -0.15) is 0 Å². The fourth-order valence-electron chi connectivity index (χ4n) is 3.94. The highest BCUT2D eigenvalue weighted by atomic mass is 15.2. The molecule has 1 saturated heterocycles. The average molecular weight is 267 g/mol. The van der Waals surface area contributed by atoms with Crippen molar-refractivity contribution < 1.29 is 0 Å². The van der Waals surface area contributed by atoms with Crippen LogP contribution in [0.4, 0.5) is 0 Å². The second-order valence-corrected chi connectivity index (χ2v) is 7.42. The van der Waals surface area contributed by atoms with E-state index >= 15 is 0 Å². The summed E-state index contributed by atoms with van der Waals surface area (Å²) in [5, 5.41) is 0. The third kappa shape index (κ3) is 3.50. The summed E-state index contributed by atoms with van der Waals surface area (Å²) in [5.74, 6) is 0.698. The topological polar surface area (TPSA) is 32.5 Å². The second kappa shape index (κ2) is 6.11. The fourth-order valence-corrected chi connectivity index (χ4v) is 3.94. The van der Waals surface area contributed by atoms with E-state index in [1.807, 2.05) is 0 Å². The van der Waals surface area contributed by atoms with Crippen LogP contribution in [0.5, 0.6) is 0 Å². The van der Waals surface area contributed by atoms with Gasteiger partial charge >= 0.3 is 0 Å². The van der Waals surface area contributed by atoms with Crippen molar-refractivity contribution in [2.24, 2.45) is 17.1 Å². The van der Waals surface area contributed by atoms with Crippen LogP contribution in [-0.4, -0.2) is 55.1 Å². The minimum Gasteiger partial charge on any atom is -0.327 e. The quantitative estimate of drug-likeness (QED) is 0.847. The number of piperidine rings is 1. The minimum absolute atomic E-state index is 0.344. The molecular formula is C16H33N3. The fraction of sp³-hybridized carbons (Fsp3) is 1.00. The normalized spacial score (nSPS) is 33.2. The molecule has 1 saturated carbocycles. The van der Waals surface area contributed by atoms with Gasteiger partial charge in [0.05, 0.1) is 0 Å². The van der Waals surface area contributed by atoms with E-state index in [1.165, 1.54) is 51.9 Å². The van der Waals surface area contributed by atoms with E-state index in [0.29, 0.717) is 17.4 Å². The van der Waals surface area contributed by atoms with Crippen LogP contribution in [0.2, 0.25) is 0 Å². The van der Waals surface area contributed by atoms with Crippen LogP contribution in [0.25, 0.3) is 0 Å². The number of likely N-dealkylation sites (tertiary alicyclic amines) is 1. The molecule has 1 aliphatic carbocycles. The summed E-state index contributed by atoms with van der Waals surface area (Å²) in [6, 6.07) is 1.16. The molecule has 2 rings (SSSR count). The molecule has 19 heavy (non-hydrogen) atoms. The molecule has 0 radical (unpaired) electrons. The molecule has 2 N–H and O–H groups in total. The number of nitrogens with zero attached hydrogens (tertiary/aromatic N) is 2. The summed E-state index contributed by atoms with van der Waals surface area (Å²) < 4.78 is 0. The number of hydrogen-bond acceptors (Lipinski definition) is 3. The Labute approximate surface area is 119 Å². The van der Waals surface area contributed by atoms with E-state index in [0.717, 1.165) is 6.04 Å². The van der Waals surface area contributed by atoms with Crippen LogP contribution >= 0.6 is 0 Å². The summed E-state index contributed by atoms with van der Waals surface area (Å²) in [6.07, 6.45) is 5.26. The molecule has 2 atom stereocenters. The predicted octanol–water partition coefficient (Wildman–Crippen LogP) is 2.17. The predicted molar refractivity (Wildman–Crippen MR) is 82.2 cm³/mol. The molecule has 0 aromatic carbocycles. The molecule has 0 spiro atoms. The zero-order valence-corrected chi connectivity index (χ0v) is 13.4. The van der Waals surface area contributed by atoms with E-state index in [4.69, 9.17) is 5.73 Å². The molecule has 3 heteroatoms. The third-order valence-corrected chi connectivity index (χ3v) is 5.72. The summed E-state index contributed by atoms with van der Waals surface area (Å²) >= 11 is 0. The lowest BCUT2D eigenvalue weighted by molar-refractivity contribution is 0.113. The number of rotatable bonds is 4. The monoisotopic (exact) mass is 267 g/mol. The first-order chi connectivity index (χ1) is 8.94. The second-order valence-electron chi connectivity index (χ2n) is 7.42. The Balaban J connectivity index is 1.80. The van der Waals surface area contributed by atoms with Gasteiger partial charge in [0, 0.05) is 18.6 Å². The van der Waals surface area contributed by atoms with Gasteiger partial charge in [0.15, 0.2) is 0 Å². The van der Waals surface area contributed by atoms with Crippen molar-refractivity contribution in [2.45, 2.75) is 58.5 Å². The maximum absolute atomic E-state index is 6.44. The molecule has 1 heterocycles. The lowest BCUT2D eigenvalue weighted by Crippen LogP contribution is -2.47. The molecule has 2 unspecified atom stereocenters. The van der Waals surface area contributed by atoms with E-state index in [9.17, 15) is 0 Å². The van der Waals surface area contributed by atoms with Crippen molar-refractivity contribution in [3.05, 3.63) is 0 Å². The maximum atomic E-state index is 6.44. The number of hydrogen-bond donors (Lipinski definition) is 1. The lowest BCUT2D eigenvalue weighted by Gasteiger charge is -2.38. The minimum atomic E-state index is 0.344. The van der Waals surface area contributed by atoms with Crippen LogP contribution < -0.4 is 5.73 Å². The molecule has 1 aliphatic heterocycles. The summed E-state index contributed by atoms with van der Waals surface area (Å²) in [7, 11) is 2.31. The highest BCUT2D eigenvalue weighted by Gasteiger charge is 2.40. The summed E-state index contributed by atoms with van der Waals surface area (Å²) in [4.78, 5) is 5.16.